The number of aromatic nitrogens is 1. The Balaban J connectivity index is 2.52. The third kappa shape index (κ3) is 1.92. The highest BCUT2D eigenvalue weighted by molar-refractivity contribution is 14.1. The van der Waals surface area contributed by atoms with Gasteiger partial charge in [-0.25, -0.2) is 0 Å². The molecule has 0 spiro atoms. The molecule has 80 valence electrons. The second-order valence-corrected chi connectivity index (χ2v) is 5.09. The van der Waals surface area contributed by atoms with Gasteiger partial charge in [0.2, 0.25) is 11.5 Å². The minimum atomic E-state index is -0.110. The van der Waals surface area contributed by atoms with Crippen molar-refractivity contribution in [3.63, 3.8) is 0 Å². The molecule has 15 heavy (non-hydrogen) atoms. The van der Waals surface area contributed by atoms with E-state index in [1.807, 2.05) is 0 Å². The molecule has 0 radical (unpaired) electrons. The summed E-state index contributed by atoms with van der Waals surface area (Å²) in [5, 5.41) is 0. The molecule has 2 heterocycles. The van der Waals surface area contributed by atoms with E-state index in [0.717, 1.165) is 24.2 Å². The highest BCUT2D eigenvalue weighted by Gasteiger charge is 2.26. The predicted octanol–water partition coefficient (Wildman–Crippen LogP) is 1.09. The molecule has 0 saturated carbocycles. The van der Waals surface area contributed by atoms with Crippen molar-refractivity contribution in [1.29, 1.82) is 0 Å². The van der Waals surface area contributed by atoms with Gasteiger partial charge in [-0.3, -0.25) is 9.59 Å². The maximum absolute atomic E-state index is 11.8. The lowest BCUT2D eigenvalue weighted by atomic mass is 10.2. The number of carbonyl (C=O) groups excluding carboxylic acids is 1. The number of nitrogens with zero attached hydrogens (tertiary/aromatic N) is 1. The standard InChI is InChI=1S/C10H11IN2O2/c1-13-8-4-5-9(14)12-7(8)3-2-6(11)10(13)15/h4-6H,2-3H2,1H3,(H,12,14). The van der Waals surface area contributed by atoms with E-state index in [-0.39, 0.29) is 15.4 Å². The van der Waals surface area contributed by atoms with Gasteiger partial charge in [0, 0.05) is 18.8 Å². The van der Waals surface area contributed by atoms with Crippen LogP contribution in [0.15, 0.2) is 16.9 Å². The summed E-state index contributed by atoms with van der Waals surface area (Å²) < 4.78 is -0.0106. The summed E-state index contributed by atoms with van der Waals surface area (Å²) in [6.45, 7) is 0. The number of hydrogen-bond acceptors (Lipinski definition) is 2. The number of halogens is 1. The fraction of sp³-hybridized carbons (Fsp3) is 0.400. The topological polar surface area (TPSA) is 53.2 Å². The van der Waals surface area contributed by atoms with Gasteiger partial charge in [0.1, 0.15) is 0 Å². The molecule has 1 aliphatic heterocycles. The lowest BCUT2D eigenvalue weighted by molar-refractivity contribution is -0.117. The Labute approximate surface area is 101 Å². The fourth-order valence-corrected chi connectivity index (χ4v) is 2.47. The first-order chi connectivity index (χ1) is 7.09. The van der Waals surface area contributed by atoms with Crippen molar-refractivity contribution in [2.45, 2.75) is 16.8 Å². The van der Waals surface area contributed by atoms with Gasteiger partial charge in [0.25, 0.3) is 0 Å². The zero-order valence-corrected chi connectivity index (χ0v) is 10.4. The summed E-state index contributed by atoms with van der Waals surface area (Å²) in [4.78, 5) is 27.4. The van der Waals surface area contributed by atoms with Crippen LogP contribution in [-0.2, 0) is 11.2 Å². The number of pyridine rings is 1. The number of aryl methyl sites for hydroxylation is 1. The normalized spacial score (nSPS) is 21.1. The van der Waals surface area contributed by atoms with E-state index in [1.165, 1.54) is 6.07 Å². The van der Waals surface area contributed by atoms with E-state index in [9.17, 15) is 9.59 Å². The Kier molecular flexibility index (Phi) is 2.81. The van der Waals surface area contributed by atoms with Crippen LogP contribution in [0.4, 0.5) is 5.69 Å². The maximum Gasteiger partial charge on any atom is 0.248 e. The molecule has 0 aliphatic carbocycles. The molecular weight excluding hydrogens is 307 g/mol. The third-order valence-electron chi connectivity index (χ3n) is 2.58. The molecule has 1 aliphatic rings. The van der Waals surface area contributed by atoms with Gasteiger partial charge in [-0.2, -0.15) is 0 Å². The molecule has 0 saturated heterocycles. The summed E-state index contributed by atoms with van der Waals surface area (Å²) in [5.74, 6) is 0.0985. The predicted molar refractivity (Wildman–Crippen MR) is 66.6 cm³/mol. The zero-order chi connectivity index (χ0) is 11.0. The molecule has 0 bridgehead atoms. The van der Waals surface area contributed by atoms with E-state index in [4.69, 9.17) is 0 Å². The average Bonchev–Trinajstić information content (AvgIpc) is 2.32. The smallest absolute Gasteiger partial charge is 0.248 e. The van der Waals surface area contributed by atoms with E-state index in [1.54, 1.807) is 18.0 Å². The van der Waals surface area contributed by atoms with Crippen LogP contribution in [0, 0.1) is 0 Å². The van der Waals surface area contributed by atoms with Crippen molar-refractivity contribution in [3.8, 4) is 0 Å². The van der Waals surface area contributed by atoms with Gasteiger partial charge in [-0.15, -0.1) is 0 Å². The fourth-order valence-electron chi connectivity index (χ4n) is 1.74. The van der Waals surface area contributed by atoms with Gasteiger partial charge in [0.15, 0.2) is 0 Å². The number of rotatable bonds is 0. The molecule has 1 amide bonds. The monoisotopic (exact) mass is 318 g/mol. The van der Waals surface area contributed by atoms with E-state index < -0.39 is 0 Å². The number of hydrogen-bond donors (Lipinski definition) is 1. The van der Waals surface area contributed by atoms with Gasteiger partial charge < -0.3 is 9.88 Å². The molecule has 5 heteroatoms. The molecule has 1 aromatic heterocycles. The zero-order valence-electron chi connectivity index (χ0n) is 8.29. The van der Waals surface area contributed by atoms with E-state index in [2.05, 4.69) is 27.6 Å². The molecule has 1 unspecified atom stereocenters. The number of carbonyl (C=O) groups is 1. The van der Waals surface area contributed by atoms with Crippen molar-refractivity contribution >= 4 is 34.2 Å². The Morgan fingerprint density at radius 1 is 1.47 bits per heavy atom. The summed E-state index contributed by atoms with van der Waals surface area (Å²) in [6, 6.07) is 3.16. The van der Waals surface area contributed by atoms with Crippen molar-refractivity contribution in [2.75, 3.05) is 11.9 Å². The van der Waals surface area contributed by atoms with Crippen molar-refractivity contribution in [3.05, 3.63) is 28.2 Å². The highest BCUT2D eigenvalue weighted by Crippen LogP contribution is 2.25. The number of anilines is 1. The second-order valence-electron chi connectivity index (χ2n) is 3.59. The molecule has 1 N–H and O–H groups in total. The van der Waals surface area contributed by atoms with Gasteiger partial charge in [-0.05, 0) is 18.9 Å². The van der Waals surface area contributed by atoms with Crippen LogP contribution < -0.4 is 10.5 Å². The van der Waals surface area contributed by atoms with Gasteiger partial charge in [-0.1, -0.05) is 22.6 Å². The molecule has 4 nitrogen and oxygen atoms in total. The van der Waals surface area contributed by atoms with Crippen LogP contribution >= 0.6 is 22.6 Å². The minimum absolute atomic E-state index is 0.0106. The number of H-pyrrole nitrogens is 1. The first kappa shape index (κ1) is 10.7. The number of fused-ring (bicyclic) bond motifs is 1. The first-order valence-corrected chi connectivity index (χ1v) is 5.98. The number of aromatic amines is 1. The summed E-state index contributed by atoms with van der Waals surface area (Å²) >= 11 is 2.15. The summed E-state index contributed by atoms with van der Waals surface area (Å²) in [7, 11) is 1.75. The SMILES string of the molecule is CN1C(=O)C(I)CCc2[nH]c(=O)ccc21. The molecule has 0 fully saturated rings. The maximum atomic E-state index is 11.8. The first-order valence-electron chi connectivity index (χ1n) is 4.73. The van der Waals surface area contributed by atoms with Crippen LogP contribution in [0.25, 0.3) is 0 Å². The second kappa shape index (κ2) is 3.96. The Morgan fingerprint density at radius 2 is 2.20 bits per heavy atom. The number of nitrogens with one attached hydrogen (secondary N) is 1. The van der Waals surface area contributed by atoms with E-state index >= 15 is 0 Å². The van der Waals surface area contributed by atoms with Gasteiger partial charge in [0.05, 0.1) is 9.61 Å². The minimum Gasteiger partial charge on any atom is -0.324 e. The van der Waals surface area contributed by atoms with Crippen LogP contribution in [0.2, 0.25) is 0 Å². The third-order valence-corrected chi connectivity index (χ3v) is 3.74. The quantitative estimate of drug-likeness (QED) is 0.575. The number of amides is 1. The van der Waals surface area contributed by atoms with Crippen LogP contribution in [0.3, 0.4) is 0 Å². The highest BCUT2D eigenvalue weighted by atomic mass is 127. The lowest BCUT2D eigenvalue weighted by Gasteiger charge is -2.18. The van der Waals surface area contributed by atoms with Crippen LogP contribution in [-0.4, -0.2) is 21.9 Å². The Hall–Kier alpha value is -0.850. The Bertz CT molecular complexity index is 455. The van der Waals surface area contributed by atoms with Crippen LogP contribution in [0.5, 0.6) is 0 Å². The number of alkyl halides is 1. The van der Waals surface area contributed by atoms with Gasteiger partial charge >= 0.3 is 0 Å². The molecule has 2 rings (SSSR count). The molecular formula is C10H11IN2O2. The van der Waals surface area contributed by atoms with Crippen molar-refractivity contribution in [1.82, 2.24) is 4.98 Å². The molecule has 1 atom stereocenters. The Morgan fingerprint density at radius 3 is 2.93 bits per heavy atom. The van der Waals surface area contributed by atoms with Crippen molar-refractivity contribution in [2.24, 2.45) is 0 Å². The average molecular weight is 318 g/mol. The van der Waals surface area contributed by atoms with Crippen molar-refractivity contribution < 1.29 is 4.79 Å². The summed E-state index contributed by atoms with van der Waals surface area (Å²) in [6.07, 6.45) is 1.52. The largest absolute Gasteiger partial charge is 0.324 e. The molecule has 1 aromatic rings. The lowest BCUT2D eigenvalue weighted by Crippen LogP contribution is -2.32. The van der Waals surface area contributed by atoms with E-state index in [0.29, 0.717) is 0 Å². The molecule has 0 aromatic carbocycles. The van der Waals surface area contributed by atoms with Crippen LogP contribution in [0.1, 0.15) is 12.1 Å². The summed E-state index contributed by atoms with van der Waals surface area (Å²) in [5.41, 5.74) is 1.57.